The highest BCUT2D eigenvalue weighted by atomic mass is 32.2. The molecule has 304 valence electrons. The van der Waals surface area contributed by atoms with Gasteiger partial charge in [0.05, 0.1) is 17.3 Å². The summed E-state index contributed by atoms with van der Waals surface area (Å²) in [6, 6.07) is -4.03. The lowest BCUT2D eigenvalue weighted by Gasteiger charge is -2.44. The molecule has 0 aromatic rings. The van der Waals surface area contributed by atoms with Crippen LogP contribution in [0.1, 0.15) is 111 Å². The van der Waals surface area contributed by atoms with Crippen molar-refractivity contribution in [3.63, 3.8) is 0 Å². The van der Waals surface area contributed by atoms with Gasteiger partial charge in [0.15, 0.2) is 9.84 Å². The molecule has 5 fully saturated rings. The monoisotopic (exact) mass is 785 g/mol. The van der Waals surface area contributed by atoms with E-state index in [1.54, 1.807) is 0 Å². The molecule has 5 amide bonds. The first-order chi connectivity index (χ1) is 25.2. The average Bonchev–Trinajstić information content (AvgIpc) is 3.94. The Labute approximate surface area is 316 Å². The Morgan fingerprint density at radius 1 is 0.926 bits per heavy atom. The highest BCUT2D eigenvalue weighted by Crippen LogP contribution is 2.65. The fourth-order valence-corrected chi connectivity index (χ4v) is 11.4. The number of fused-ring (bicyclic) bond motifs is 1. The first-order valence-corrected chi connectivity index (χ1v) is 21.4. The minimum absolute atomic E-state index is 0.0216. The molecule has 1 aliphatic heterocycles. The molecule has 0 aromatic heterocycles. The number of urea groups is 1. The third-order valence-corrected chi connectivity index (χ3v) is 14.6. The molecule has 12 nitrogen and oxygen atoms in total. The van der Waals surface area contributed by atoms with Crippen LogP contribution in [0.2, 0.25) is 0 Å². The predicted octanol–water partition coefficient (Wildman–Crippen LogP) is 4.33. The Bertz CT molecular complexity index is 1570. The van der Waals surface area contributed by atoms with Gasteiger partial charge in [-0.2, -0.15) is 13.2 Å². The number of nitrogens with zero attached hydrogens (tertiary/aromatic N) is 1. The minimum Gasteiger partial charge on any atom is -0.346 e. The van der Waals surface area contributed by atoms with E-state index in [4.69, 9.17) is 0 Å². The van der Waals surface area contributed by atoms with Crippen LogP contribution in [-0.2, 0) is 29.0 Å². The summed E-state index contributed by atoms with van der Waals surface area (Å²) in [6.07, 6.45) is 5.33. The molecular formula is C38H58F3N5O7S. The lowest BCUT2D eigenvalue weighted by Crippen LogP contribution is -2.64. The summed E-state index contributed by atoms with van der Waals surface area (Å²) in [5.41, 5.74) is -2.45. The zero-order valence-corrected chi connectivity index (χ0v) is 32.6. The molecule has 4 aliphatic carbocycles. The zero-order valence-electron chi connectivity index (χ0n) is 31.8. The smallest absolute Gasteiger partial charge is 0.346 e. The molecule has 5 aliphatic rings. The van der Waals surface area contributed by atoms with E-state index in [1.165, 1.54) is 11.0 Å². The number of carbonyl (C=O) groups excluding carboxylic acids is 5. The SMILES string of the molecule is C=CCNC(=O)C(=O)C(CCC1CC1)NC(=O)[C@@H]1[C@@H]2[C@H](CN1C(=O)[C@@H](NC(=O)NC1(CS(=O)(=O)CC(F)(F)F)CCCCC1)C1(C)CCCCC1)C2(C)C. The highest BCUT2D eigenvalue weighted by Gasteiger charge is 2.70. The van der Waals surface area contributed by atoms with Crippen molar-refractivity contribution in [2.75, 3.05) is 24.6 Å². The van der Waals surface area contributed by atoms with E-state index in [0.717, 1.165) is 38.5 Å². The van der Waals surface area contributed by atoms with Crippen molar-refractivity contribution in [3.8, 4) is 0 Å². The minimum atomic E-state index is -4.93. The molecule has 1 unspecified atom stereocenters. The molecule has 4 saturated carbocycles. The van der Waals surface area contributed by atoms with Crippen molar-refractivity contribution in [3.05, 3.63) is 12.7 Å². The van der Waals surface area contributed by atoms with E-state index in [-0.39, 0.29) is 49.6 Å². The van der Waals surface area contributed by atoms with Gasteiger partial charge in [0, 0.05) is 13.1 Å². The van der Waals surface area contributed by atoms with E-state index >= 15 is 0 Å². The number of amides is 5. The van der Waals surface area contributed by atoms with Crippen LogP contribution in [0.5, 0.6) is 0 Å². The lowest BCUT2D eigenvalue weighted by atomic mass is 9.70. The number of carbonyl (C=O) groups is 5. The summed E-state index contributed by atoms with van der Waals surface area (Å²) in [7, 11) is -4.64. The quantitative estimate of drug-likeness (QED) is 0.133. The van der Waals surface area contributed by atoms with Crippen molar-refractivity contribution >= 4 is 39.4 Å². The average molecular weight is 786 g/mol. The molecule has 0 radical (unpaired) electrons. The lowest BCUT2D eigenvalue weighted by molar-refractivity contribution is -0.146. The normalized spacial score (nSPS) is 26.7. The number of hydrogen-bond donors (Lipinski definition) is 4. The molecular weight excluding hydrogens is 728 g/mol. The molecule has 4 N–H and O–H groups in total. The molecule has 5 atom stereocenters. The number of hydrogen-bond acceptors (Lipinski definition) is 7. The number of ketones is 1. The second-order valence-corrected chi connectivity index (χ2v) is 19.6. The van der Waals surface area contributed by atoms with Gasteiger partial charge in [0.2, 0.25) is 17.6 Å². The topological polar surface area (TPSA) is 171 Å². The highest BCUT2D eigenvalue weighted by molar-refractivity contribution is 7.91. The van der Waals surface area contributed by atoms with Crippen molar-refractivity contribution in [2.24, 2.45) is 28.6 Å². The van der Waals surface area contributed by atoms with E-state index < -0.39 is 86.1 Å². The van der Waals surface area contributed by atoms with Gasteiger partial charge in [-0.15, -0.1) is 6.58 Å². The fourth-order valence-electron chi connectivity index (χ4n) is 9.57. The molecule has 0 bridgehead atoms. The number of likely N-dealkylation sites (tertiary alicyclic amines) is 1. The van der Waals surface area contributed by atoms with E-state index in [9.17, 15) is 45.6 Å². The predicted molar refractivity (Wildman–Crippen MR) is 196 cm³/mol. The maximum absolute atomic E-state index is 14.8. The van der Waals surface area contributed by atoms with Gasteiger partial charge in [0.25, 0.3) is 5.91 Å². The van der Waals surface area contributed by atoms with Gasteiger partial charge in [0.1, 0.15) is 17.8 Å². The van der Waals surface area contributed by atoms with Crippen LogP contribution in [0.25, 0.3) is 0 Å². The number of Topliss-reactive ketones (excluding diaryl/α,β-unsaturated/α-hetero) is 1. The van der Waals surface area contributed by atoms with Crippen LogP contribution in [0.3, 0.4) is 0 Å². The van der Waals surface area contributed by atoms with Crippen LogP contribution >= 0.6 is 0 Å². The number of rotatable bonds is 16. The second-order valence-electron chi connectivity index (χ2n) is 17.6. The summed E-state index contributed by atoms with van der Waals surface area (Å²) in [6.45, 7) is 9.83. The van der Waals surface area contributed by atoms with Crippen LogP contribution in [0, 0.1) is 28.6 Å². The first kappa shape index (κ1) is 42.0. The first-order valence-electron chi connectivity index (χ1n) is 19.6. The van der Waals surface area contributed by atoms with Gasteiger partial charge < -0.3 is 26.2 Å². The molecule has 1 saturated heterocycles. The summed E-state index contributed by atoms with van der Waals surface area (Å²) in [5, 5.41) is 10.9. The number of nitrogens with one attached hydrogen (secondary N) is 4. The summed E-state index contributed by atoms with van der Waals surface area (Å²) < 4.78 is 65.0. The molecule has 5 rings (SSSR count). The van der Waals surface area contributed by atoms with Crippen molar-refractivity contribution < 1.29 is 45.6 Å². The number of sulfone groups is 1. The van der Waals surface area contributed by atoms with Crippen molar-refractivity contribution in [1.82, 2.24) is 26.2 Å². The Kier molecular flexibility index (Phi) is 12.5. The van der Waals surface area contributed by atoms with E-state index in [2.05, 4.69) is 27.8 Å². The summed E-state index contributed by atoms with van der Waals surface area (Å²) in [5.74, 6) is -5.31. The maximum atomic E-state index is 14.8. The molecule has 0 spiro atoms. The van der Waals surface area contributed by atoms with Gasteiger partial charge in [-0.3, -0.25) is 19.2 Å². The molecule has 54 heavy (non-hydrogen) atoms. The van der Waals surface area contributed by atoms with Gasteiger partial charge >= 0.3 is 12.2 Å². The largest absolute Gasteiger partial charge is 0.402 e. The van der Waals surface area contributed by atoms with Crippen LogP contribution in [-0.4, -0.2) is 97.3 Å². The number of piperidine rings is 1. The standard InChI is InChI=1S/C38H58F3N5O7S/c1-5-20-42-32(49)29(47)26(15-14-24-12-13-24)43-31(48)28-27-25(35(27,2)3)21-46(28)33(50)30(36(4)16-8-6-9-17-36)44-34(51)45-37(18-10-7-11-19-37)22-54(52,53)23-38(39,40)41/h5,24-28,30H,1,6-23H2,2-4H3,(H,42,49)(H,43,48)(H2,44,45,51)/t25-,26?,27-,28-,30+/m0/s1. The Balaban J connectivity index is 1.39. The van der Waals surface area contributed by atoms with Gasteiger partial charge in [-0.1, -0.05) is 78.2 Å². The second kappa shape index (κ2) is 16.1. The third kappa shape index (κ3) is 9.97. The van der Waals surface area contributed by atoms with Crippen molar-refractivity contribution in [1.29, 1.82) is 0 Å². The number of halogens is 3. The van der Waals surface area contributed by atoms with E-state index in [0.29, 0.717) is 38.0 Å². The van der Waals surface area contributed by atoms with Gasteiger partial charge in [-0.25, -0.2) is 13.2 Å². The summed E-state index contributed by atoms with van der Waals surface area (Å²) in [4.78, 5) is 70.6. The van der Waals surface area contributed by atoms with Crippen LogP contribution in [0.15, 0.2) is 12.7 Å². The van der Waals surface area contributed by atoms with E-state index in [1.807, 2.05) is 20.8 Å². The third-order valence-electron chi connectivity index (χ3n) is 12.9. The fraction of sp³-hybridized carbons (Fsp3) is 0.816. The van der Waals surface area contributed by atoms with Gasteiger partial charge in [-0.05, 0) is 67.1 Å². The van der Waals surface area contributed by atoms with Crippen molar-refractivity contribution in [2.45, 2.75) is 141 Å². The zero-order chi connectivity index (χ0) is 39.7. The Hall–Kier alpha value is -3.17. The van der Waals surface area contributed by atoms with Crippen LogP contribution in [0.4, 0.5) is 18.0 Å². The summed E-state index contributed by atoms with van der Waals surface area (Å²) >= 11 is 0. The number of alkyl halides is 3. The molecule has 16 heteroatoms. The molecule has 1 heterocycles. The van der Waals surface area contributed by atoms with Crippen LogP contribution < -0.4 is 21.3 Å². The maximum Gasteiger partial charge on any atom is 0.402 e. The Morgan fingerprint density at radius 2 is 1.54 bits per heavy atom. The Morgan fingerprint density at radius 3 is 2.11 bits per heavy atom. The molecule has 0 aromatic carbocycles.